The number of amides is 1. The molecule has 1 aliphatic rings. The first-order valence-corrected chi connectivity index (χ1v) is 13.0. The molecule has 0 aliphatic heterocycles. The fraction of sp³-hybridized carbons (Fsp3) is 0.296. The molecule has 3 aromatic rings. The molecule has 0 saturated carbocycles. The third-order valence-corrected chi connectivity index (χ3v) is 8.03. The lowest BCUT2D eigenvalue weighted by atomic mass is 9.88. The van der Waals surface area contributed by atoms with Gasteiger partial charge < -0.3 is 14.8 Å². The molecule has 0 unspecified atom stereocenters. The Bertz CT molecular complexity index is 1310. The first-order chi connectivity index (χ1) is 16.8. The van der Waals surface area contributed by atoms with Crippen LogP contribution in [0.5, 0.6) is 11.5 Å². The summed E-state index contributed by atoms with van der Waals surface area (Å²) in [5.74, 6) is 0.427. The largest absolute Gasteiger partial charge is 0.497 e. The number of carbonyl (C=O) groups excluding carboxylic acids is 1. The van der Waals surface area contributed by atoms with Gasteiger partial charge in [0.15, 0.2) is 0 Å². The third-order valence-electron chi connectivity index (χ3n) is 6.24. The van der Waals surface area contributed by atoms with Gasteiger partial charge in [-0.05, 0) is 79.3 Å². The van der Waals surface area contributed by atoms with Gasteiger partial charge in [-0.3, -0.25) is 9.10 Å². The Morgan fingerprint density at radius 2 is 1.77 bits per heavy atom. The van der Waals surface area contributed by atoms with Gasteiger partial charge in [0.05, 0.1) is 25.9 Å². The van der Waals surface area contributed by atoms with Crippen molar-refractivity contribution in [3.8, 4) is 11.5 Å². The maximum atomic E-state index is 13.9. The number of nitrogens with one attached hydrogen (secondary N) is 1. The van der Waals surface area contributed by atoms with Gasteiger partial charge in [0.1, 0.15) is 22.9 Å². The average molecular weight is 495 g/mol. The van der Waals surface area contributed by atoms with E-state index < -0.39 is 10.0 Å². The van der Waals surface area contributed by atoms with Crippen LogP contribution >= 0.6 is 0 Å². The molecule has 0 heterocycles. The Morgan fingerprint density at radius 1 is 1.03 bits per heavy atom. The van der Waals surface area contributed by atoms with Gasteiger partial charge in [-0.1, -0.05) is 30.3 Å². The van der Waals surface area contributed by atoms with E-state index in [1.807, 2.05) is 25.1 Å². The highest BCUT2D eigenvalue weighted by Gasteiger charge is 2.31. The van der Waals surface area contributed by atoms with Crippen LogP contribution in [0.25, 0.3) is 0 Å². The second kappa shape index (κ2) is 10.4. The number of sulfonamides is 1. The molecule has 1 amide bonds. The van der Waals surface area contributed by atoms with Crippen LogP contribution in [0.3, 0.4) is 0 Å². The number of fused-ring (bicyclic) bond motifs is 1. The number of methoxy groups -OCH3 is 2. The Balaban J connectivity index is 1.68. The number of ether oxygens (including phenoxy) is 2. The number of aryl methyl sites for hydroxylation is 2. The number of rotatable bonds is 8. The SMILES string of the molecule is COc1ccc(N(CC(=O)N[C@H]2CCCc3ccccc32)S(=O)(=O)c2cc(C)ccc2OC)cc1. The van der Waals surface area contributed by atoms with E-state index in [0.29, 0.717) is 11.4 Å². The maximum absolute atomic E-state index is 13.9. The first kappa shape index (κ1) is 24.6. The third kappa shape index (κ3) is 5.27. The van der Waals surface area contributed by atoms with E-state index in [2.05, 4.69) is 11.4 Å². The number of anilines is 1. The van der Waals surface area contributed by atoms with Crippen molar-refractivity contribution >= 4 is 21.6 Å². The zero-order chi connectivity index (χ0) is 25.0. The predicted molar refractivity (Wildman–Crippen MR) is 136 cm³/mol. The lowest BCUT2D eigenvalue weighted by Gasteiger charge is -2.29. The van der Waals surface area contributed by atoms with Crippen molar-refractivity contribution in [2.24, 2.45) is 0 Å². The molecule has 8 heteroatoms. The Labute approximate surface area is 206 Å². The minimum absolute atomic E-state index is 0.00614. The van der Waals surface area contributed by atoms with Gasteiger partial charge in [-0.25, -0.2) is 8.42 Å². The average Bonchev–Trinajstić information content (AvgIpc) is 2.87. The zero-order valence-electron chi connectivity index (χ0n) is 20.2. The van der Waals surface area contributed by atoms with Crippen LogP contribution in [0.4, 0.5) is 5.69 Å². The topological polar surface area (TPSA) is 84.9 Å². The molecule has 35 heavy (non-hydrogen) atoms. The van der Waals surface area contributed by atoms with Gasteiger partial charge in [0.2, 0.25) is 5.91 Å². The van der Waals surface area contributed by atoms with Crippen molar-refractivity contribution < 1.29 is 22.7 Å². The summed E-state index contributed by atoms with van der Waals surface area (Å²) < 4.78 is 39.4. The van der Waals surface area contributed by atoms with Gasteiger partial charge in [0.25, 0.3) is 10.0 Å². The molecule has 1 aliphatic carbocycles. The molecule has 7 nitrogen and oxygen atoms in total. The molecule has 0 aromatic heterocycles. The van der Waals surface area contributed by atoms with Crippen LogP contribution in [0.2, 0.25) is 0 Å². The lowest BCUT2D eigenvalue weighted by molar-refractivity contribution is -0.120. The molecular weight excluding hydrogens is 464 g/mol. The minimum Gasteiger partial charge on any atom is -0.497 e. The summed E-state index contributed by atoms with van der Waals surface area (Å²) in [7, 11) is -1.17. The van der Waals surface area contributed by atoms with Crippen LogP contribution < -0.4 is 19.1 Å². The molecule has 1 atom stereocenters. The highest BCUT2D eigenvalue weighted by Crippen LogP contribution is 2.33. The molecular formula is C27H30N2O5S. The predicted octanol–water partition coefficient (Wildman–Crippen LogP) is 4.40. The van der Waals surface area contributed by atoms with Crippen molar-refractivity contribution in [3.63, 3.8) is 0 Å². The summed E-state index contributed by atoms with van der Waals surface area (Å²) in [5.41, 5.74) is 3.43. The monoisotopic (exact) mass is 494 g/mol. The van der Waals surface area contributed by atoms with Gasteiger partial charge in [-0.15, -0.1) is 0 Å². The molecule has 184 valence electrons. The minimum atomic E-state index is -4.13. The molecule has 1 N–H and O–H groups in total. The van der Waals surface area contributed by atoms with E-state index >= 15 is 0 Å². The van der Waals surface area contributed by atoms with Crippen LogP contribution in [-0.4, -0.2) is 35.1 Å². The fourth-order valence-corrected chi connectivity index (χ4v) is 6.11. The summed E-state index contributed by atoms with van der Waals surface area (Å²) in [4.78, 5) is 13.3. The van der Waals surface area contributed by atoms with E-state index in [0.717, 1.165) is 34.7 Å². The quantitative estimate of drug-likeness (QED) is 0.502. The van der Waals surface area contributed by atoms with Crippen molar-refractivity contribution in [2.75, 3.05) is 25.1 Å². The number of hydrogen-bond acceptors (Lipinski definition) is 5. The fourth-order valence-electron chi connectivity index (χ4n) is 4.44. The van der Waals surface area contributed by atoms with E-state index in [1.54, 1.807) is 42.5 Å². The molecule has 0 saturated heterocycles. The van der Waals surface area contributed by atoms with E-state index in [9.17, 15) is 13.2 Å². The van der Waals surface area contributed by atoms with Crippen molar-refractivity contribution in [2.45, 2.75) is 37.1 Å². The smallest absolute Gasteiger partial charge is 0.268 e. The normalized spacial score (nSPS) is 15.1. The summed E-state index contributed by atoms with van der Waals surface area (Å²) in [6, 6.07) is 19.4. The first-order valence-electron chi connectivity index (χ1n) is 11.5. The molecule has 0 bridgehead atoms. The highest BCUT2D eigenvalue weighted by atomic mass is 32.2. The Morgan fingerprint density at radius 3 is 2.49 bits per heavy atom. The van der Waals surface area contributed by atoms with Crippen LogP contribution in [-0.2, 0) is 21.2 Å². The summed E-state index contributed by atoms with van der Waals surface area (Å²) >= 11 is 0. The molecule has 0 fully saturated rings. The van der Waals surface area contributed by atoms with E-state index in [1.165, 1.54) is 19.8 Å². The summed E-state index contributed by atoms with van der Waals surface area (Å²) in [6.07, 6.45) is 2.74. The van der Waals surface area contributed by atoms with Crippen LogP contribution in [0.15, 0.2) is 71.6 Å². The molecule has 4 rings (SSSR count). The van der Waals surface area contributed by atoms with Gasteiger partial charge in [0, 0.05) is 0 Å². The van der Waals surface area contributed by atoms with Crippen LogP contribution in [0.1, 0.15) is 35.6 Å². The van der Waals surface area contributed by atoms with E-state index in [4.69, 9.17) is 9.47 Å². The highest BCUT2D eigenvalue weighted by molar-refractivity contribution is 7.93. The molecule has 3 aromatic carbocycles. The standard InChI is InChI=1S/C27H30N2O5S/c1-19-11-16-25(34-3)26(17-19)35(31,32)29(21-12-14-22(33-2)15-13-21)18-27(30)28-24-10-6-8-20-7-4-5-9-23(20)24/h4-5,7,9,11-17,24H,6,8,10,18H2,1-3H3,(H,28,30)/t24-/m0/s1. The van der Waals surface area contributed by atoms with Gasteiger partial charge >= 0.3 is 0 Å². The maximum Gasteiger partial charge on any atom is 0.268 e. The number of nitrogens with zero attached hydrogens (tertiary/aromatic N) is 1. The summed E-state index contributed by atoms with van der Waals surface area (Å²) in [6.45, 7) is 1.44. The number of carbonyl (C=O) groups is 1. The number of benzene rings is 3. The second-order valence-corrected chi connectivity index (χ2v) is 10.4. The van der Waals surface area contributed by atoms with E-state index in [-0.39, 0.29) is 29.1 Å². The zero-order valence-corrected chi connectivity index (χ0v) is 21.0. The van der Waals surface area contributed by atoms with Crippen molar-refractivity contribution in [3.05, 3.63) is 83.4 Å². The Kier molecular flexibility index (Phi) is 7.31. The molecule has 0 spiro atoms. The Hall–Kier alpha value is -3.52. The van der Waals surface area contributed by atoms with Crippen LogP contribution in [0, 0.1) is 6.92 Å². The van der Waals surface area contributed by atoms with Gasteiger partial charge in [-0.2, -0.15) is 0 Å². The second-order valence-electron chi connectivity index (χ2n) is 8.58. The van der Waals surface area contributed by atoms with Crippen molar-refractivity contribution in [1.29, 1.82) is 0 Å². The molecule has 0 radical (unpaired) electrons. The lowest BCUT2D eigenvalue weighted by Crippen LogP contribution is -2.42. The number of hydrogen-bond donors (Lipinski definition) is 1. The summed E-state index contributed by atoms with van der Waals surface area (Å²) in [5, 5.41) is 3.06. The van der Waals surface area contributed by atoms with Crippen molar-refractivity contribution in [1.82, 2.24) is 5.32 Å².